The minimum absolute atomic E-state index is 0.289. The Kier molecular flexibility index (Phi) is 4.99. The van der Waals surface area contributed by atoms with Gasteiger partial charge in [-0.25, -0.2) is 9.59 Å². The van der Waals surface area contributed by atoms with Gasteiger partial charge in [0.2, 0.25) is 0 Å². The van der Waals surface area contributed by atoms with E-state index in [0.29, 0.717) is 19.4 Å². The lowest BCUT2D eigenvalue weighted by Crippen LogP contribution is -2.44. The SMILES string of the molecule is [CH2]CCOC(=O)[C@H]1CCCN1C(=O)OC(C)(C)C. The average Bonchev–Trinajstić information content (AvgIpc) is 2.72. The molecule has 5 heteroatoms. The van der Waals surface area contributed by atoms with Crippen molar-refractivity contribution in [2.75, 3.05) is 13.2 Å². The molecule has 103 valence electrons. The molecule has 1 amide bonds. The molecule has 0 aromatic rings. The first kappa shape index (κ1) is 14.8. The highest BCUT2D eigenvalue weighted by molar-refractivity contribution is 5.82. The van der Waals surface area contributed by atoms with Gasteiger partial charge in [-0.15, -0.1) is 0 Å². The van der Waals surface area contributed by atoms with Gasteiger partial charge in [0.25, 0.3) is 0 Å². The normalized spacial score (nSPS) is 19.8. The maximum Gasteiger partial charge on any atom is 0.411 e. The minimum atomic E-state index is -0.554. The molecule has 1 fully saturated rings. The van der Waals surface area contributed by atoms with Crippen LogP contribution in [0, 0.1) is 6.92 Å². The Balaban J connectivity index is 2.59. The first-order valence-corrected chi connectivity index (χ1v) is 6.30. The monoisotopic (exact) mass is 256 g/mol. The van der Waals surface area contributed by atoms with E-state index in [4.69, 9.17) is 9.47 Å². The number of amides is 1. The molecule has 18 heavy (non-hydrogen) atoms. The standard InChI is InChI=1S/C13H22NO4/c1-5-9-17-11(15)10-7-6-8-14(10)12(16)18-13(2,3)4/h10H,1,5-9H2,2-4H3/t10-/m1/s1. The van der Waals surface area contributed by atoms with Crippen molar-refractivity contribution in [2.24, 2.45) is 0 Å². The first-order chi connectivity index (χ1) is 8.35. The summed E-state index contributed by atoms with van der Waals surface area (Å²) in [5, 5.41) is 0. The van der Waals surface area contributed by atoms with E-state index < -0.39 is 17.7 Å². The molecule has 0 unspecified atom stereocenters. The van der Waals surface area contributed by atoms with Crippen LogP contribution in [0.25, 0.3) is 0 Å². The quantitative estimate of drug-likeness (QED) is 0.726. The molecule has 1 heterocycles. The summed E-state index contributed by atoms with van der Waals surface area (Å²) in [6.07, 6.45) is 1.51. The molecule has 0 aromatic carbocycles. The van der Waals surface area contributed by atoms with Crippen LogP contribution in [0.5, 0.6) is 0 Å². The number of rotatable bonds is 3. The summed E-state index contributed by atoms with van der Waals surface area (Å²) in [6.45, 7) is 9.84. The van der Waals surface area contributed by atoms with E-state index in [0.717, 1.165) is 6.42 Å². The van der Waals surface area contributed by atoms with Crippen molar-refractivity contribution >= 4 is 12.1 Å². The number of ether oxygens (including phenoxy) is 2. The number of hydrogen-bond donors (Lipinski definition) is 0. The van der Waals surface area contributed by atoms with E-state index in [1.165, 1.54) is 4.90 Å². The predicted octanol–water partition coefficient (Wildman–Crippen LogP) is 2.15. The van der Waals surface area contributed by atoms with Gasteiger partial charge >= 0.3 is 12.1 Å². The molecule has 1 radical (unpaired) electrons. The summed E-state index contributed by atoms with van der Waals surface area (Å²) >= 11 is 0. The van der Waals surface area contributed by atoms with Crippen molar-refractivity contribution in [1.29, 1.82) is 0 Å². The van der Waals surface area contributed by atoms with Crippen molar-refractivity contribution in [1.82, 2.24) is 4.90 Å². The summed E-state index contributed by atoms with van der Waals surface area (Å²) in [6, 6.07) is -0.508. The summed E-state index contributed by atoms with van der Waals surface area (Å²) in [5.41, 5.74) is -0.554. The maximum absolute atomic E-state index is 11.9. The topological polar surface area (TPSA) is 55.8 Å². The summed E-state index contributed by atoms with van der Waals surface area (Å²) in [4.78, 5) is 25.2. The van der Waals surface area contributed by atoms with E-state index in [1.54, 1.807) is 20.8 Å². The van der Waals surface area contributed by atoms with Crippen molar-refractivity contribution in [3.05, 3.63) is 6.92 Å². The van der Waals surface area contributed by atoms with Crippen molar-refractivity contribution in [3.8, 4) is 0 Å². The van der Waals surface area contributed by atoms with Gasteiger partial charge < -0.3 is 9.47 Å². The highest BCUT2D eigenvalue weighted by atomic mass is 16.6. The number of esters is 1. The number of carbonyl (C=O) groups excluding carboxylic acids is 2. The Hall–Kier alpha value is -1.26. The van der Waals surface area contributed by atoms with Gasteiger partial charge in [-0.05, 0) is 47.0 Å². The Morgan fingerprint density at radius 2 is 2.06 bits per heavy atom. The molecule has 0 spiro atoms. The van der Waals surface area contributed by atoms with E-state index in [-0.39, 0.29) is 12.6 Å². The third-order valence-corrected chi connectivity index (χ3v) is 2.54. The molecule has 1 saturated heterocycles. The molecular weight excluding hydrogens is 234 g/mol. The van der Waals surface area contributed by atoms with Crippen LogP contribution in [-0.2, 0) is 14.3 Å². The van der Waals surface area contributed by atoms with Gasteiger partial charge in [0.05, 0.1) is 6.61 Å². The van der Waals surface area contributed by atoms with Gasteiger partial charge in [0.15, 0.2) is 0 Å². The fourth-order valence-electron chi connectivity index (χ4n) is 1.82. The summed E-state index contributed by atoms with van der Waals surface area (Å²) in [7, 11) is 0. The van der Waals surface area contributed by atoms with E-state index >= 15 is 0 Å². The van der Waals surface area contributed by atoms with Gasteiger partial charge in [-0.3, -0.25) is 4.90 Å². The molecule has 1 atom stereocenters. The number of hydrogen-bond acceptors (Lipinski definition) is 4. The molecule has 0 N–H and O–H groups in total. The summed E-state index contributed by atoms with van der Waals surface area (Å²) in [5.74, 6) is -0.359. The fourth-order valence-corrected chi connectivity index (χ4v) is 1.82. The van der Waals surface area contributed by atoms with Crippen LogP contribution < -0.4 is 0 Å². The second-order valence-corrected chi connectivity index (χ2v) is 5.35. The molecule has 5 nitrogen and oxygen atoms in total. The van der Waals surface area contributed by atoms with Crippen molar-refractivity contribution in [3.63, 3.8) is 0 Å². The Morgan fingerprint density at radius 1 is 1.39 bits per heavy atom. The lowest BCUT2D eigenvalue weighted by Gasteiger charge is -2.27. The van der Waals surface area contributed by atoms with E-state index in [1.807, 2.05) is 0 Å². The maximum atomic E-state index is 11.9. The van der Waals surface area contributed by atoms with Crippen LogP contribution in [0.2, 0.25) is 0 Å². The predicted molar refractivity (Wildman–Crippen MR) is 66.9 cm³/mol. The van der Waals surface area contributed by atoms with Crippen LogP contribution in [0.15, 0.2) is 0 Å². The number of likely N-dealkylation sites (tertiary alicyclic amines) is 1. The fraction of sp³-hybridized carbons (Fsp3) is 0.769. The molecule has 1 aliphatic rings. The Morgan fingerprint density at radius 3 is 2.61 bits per heavy atom. The molecule has 0 aliphatic carbocycles. The average molecular weight is 256 g/mol. The first-order valence-electron chi connectivity index (χ1n) is 6.30. The van der Waals surface area contributed by atoms with Crippen LogP contribution in [0.1, 0.15) is 40.0 Å². The van der Waals surface area contributed by atoms with Crippen molar-refractivity contribution < 1.29 is 19.1 Å². The second-order valence-electron chi connectivity index (χ2n) is 5.35. The van der Waals surface area contributed by atoms with Gasteiger partial charge in [-0.2, -0.15) is 0 Å². The molecule has 1 rings (SSSR count). The molecule has 0 bridgehead atoms. The van der Waals surface area contributed by atoms with Gasteiger partial charge in [0, 0.05) is 6.54 Å². The lowest BCUT2D eigenvalue weighted by atomic mass is 10.2. The number of nitrogens with zero attached hydrogens (tertiary/aromatic N) is 1. The zero-order valence-electron chi connectivity index (χ0n) is 11.4. The van der Waals surface area contributed by atoms with Crippen LogP contribution in [0.3, 0.4) is 0 Å². The highest BCUT2D eigenvalue weighted by Gasteiger charge is 2.37. The van der Waals surface area contributed by atoms with E-state index in [2.05, 4.69) is 6.92 Å². The molecule has 0 saturated carbocycles. The third-order valence-electron chi connectivity index (χ3n) is 2.54. The Bertz CT molecular complexity index is 309. The molecular formula is C13H22NO4. The molecule has 1 aliphatic heterocycles. The second kappa shape index (κ2) is 6.07. The van der Waals surface area contributed by atoms with Gasteiger partial charge in [0.1, 0.15) is 11.6 Å². The Labute approximate surface area is 108 Å². The zero-order valence-corrected chi connectivity index (χ0v) is 11.4. The number of carbonyl (C=O) groups is 2. The van der Waals surface area contributed by atoms with E-state index in [9.17, 15) is 9.59 Å². The van der Waals surface area contributed by atoms with Crippen LogP contribution >= 0.6 is 0 Å². The van der Waals surface area contributed by atoms with Gasteiger partial charge in [-0.1, -0.05) is 0 Å². The minimum Gasteiger partial charge on any atom is -0.464 e. The summed E-state index contributed by atoms with van der Waals surface area (Å²) < 4.78 is 10.3. The third kappa shape index (κ3) is 4.20. The zero-order chi connectivity index (χ0) is 13.8. The van der Waals surface area contributed by atoms with Crippen LogP contribution in [-0.4, -0.2) is 41.8 Å². The lowest BCUT2D eigenvalue weighted by molar-refractivity contribution is -0.148. The van der Waals surface area contributed by atoms with Crippen LogP contribution in [0.4, 0.5) is 4.79 Å². The smallest absolute Gasteiger partial charge is 0.411 e. The molecule has 0 aromatic heterocycles. The highest BCUT2D eigenvalue weighted by Crippen LogP contribution is 2.21. The largest absolute Gasteiger partial charge is 0.464 e. The van der Waals surface area contributed by atoms with Crippen molar-refractivity contribution in [2.45, 2.75) is 51.7 Å².